The maximum absolute atomic E-state index is 12.2. The Bertz CT molecular complexity index is 834. The van der Waals surface area contributed by atoms with Crippen LogP contribution in [0, 0.1) is 23.2 Å². The smallest absolute Gasteiger partial charge is 0.338 e. The summed E-state index contributed by atoms with van der Waals surface area (Å²) in [6.07, 6.45) is 10.5. The molecule has 3 nitrogen and oxygen atoms in total. The van der Waals surface area contributed by atoms with E-state index in [0.29, 0.717) is 23.9 Å². The van der Waals surface area contributed by atoms with E-state index < -0.39 is 0 Å². The summed E-state index contributed by atoms with van der Waals surface area (Å²) in [5.41, 5.74) is 3.98. The second-order valence-electron chi connectivity index (χ2n) is 8.24. The monoisotopic (exact) mass is 380 g/mol. The molecule has 3 unspecified atom stereocenters. The van der Waals surface area contributed by atoms with Gasteiger partial charge in [0.15, 0.2) is 0 Å². The molecule has 3 atom stereocenters. The summed E-state index contributed by atoms with van der Waals surface area (Å²) < 4.78 is 11.3. The van der Waals surface area contributed by atoms with Crippen LogP contribution in [0.5, 0.6) is 0 Å². The summed E-state index contributed by atoms with van der Waals surface area (Å²) >= 11 is 0. The van der Waals surface area contributed by atoms with Crippen molar-refractivity contribution in [2.45, 2.75) is 47.5 Å². The van der Waals surface area contributed by atoms with Gasteiger partial charge in [0.05, 0.1) is 12.2 Å². The Morgan fingerprint density at radius 3 is 2.68 bits per heavy atom. The molecular weight excluding hydrogens is 348 g/mol. The van der Waals surface area contributed by atoms with Gasteiger partial charge in [0, 0.05) is 22.8 Å². The molecule has 1 heterocycles. The number of hydrogen-bond donors (Lipinski definition) is 0. The molecule has 0 amide bonds. The molecule has 0 bridgehead atoms. The van der Waals surface area contributed by atoms with Crippen molar-refractivity contribution < 1.29 is 14.3 Å². The third-order valence-electron chi connectivity index (χ3n) is 6.57. The zero-order chi connectivity index (χ0) is 20.6. The first-order valence-corrected chi connectivity index (χ1v) is 10.3. The van der Waals surface area contributed by atoms with Gasteiger partial charge in [0.25, 0.3) is 0 Å². The maximum Gasteiger partial charge on any atom is 0.338 e. The van der Waals surface area contributed by atoms with Crippen molar-refractivity contribution in [2.75, 3.05) is 6.61 Å². The molecule has 0 saturated heterocycles. The maximum atomic E-state index is 12.2. The lowest BCUT2D eigenvalue weighted by Crippen LogP contribution is -2.34. The first-order valence-electron chi connectivity index (χ1n) is 10.3. The minimum atomic E-state index is -0.257. The Labute approximate surface area is 169 Å². The molecule has 3 heteroatoms. The number of rotatable bonds is 7. The number of esters is 1. The van der Waals surface area contributed by atoms with Crippen LogP contribution < -0.4 is 0 Å². The standard InChI is InChI=1S/C25H32O3/c1-8-25(9-2,15(4)5)21-12-11-18(13-16(21)6)23-20-14-19(20)22(17(7)28-23)24(26)27-10-3/h8,11-13,15,19,21H,1,6,9-10,14H2,2-5,7H3. The third-order valence-corrected chi connectivity index (χ3v) is 6.57. The molecule has 0 N–H and O–H groups in total. The van der Waals surface area contributed by atoms with Crippen molar-refractivity contribution in [1.82, 2.24) is 0 Å². The largest absolute Gasteiger partial charge is 0.463 e. The van der Waals surface area contributed by atoms with Crippen LogP contribution >= 0.6 is 0 Å². The van der Waals surface area contributed by atoms with Crippen LogP contribution in [0.4, 0.5) is 0 Å². The van der Waals surface area contributed by atoms with Crippen LogP contribution in [0.15, 0.2) is 71.3 Å². The normalized spacial score (nSPS) is 25.8. The highest BCUT2D eigenvalue weighted by molar-refractivity contribution is 5.92. The topological polar surface area (TPSA) is 35.5 Å². The van der Waals surface area contributed by atoms with Crippen LogP contribution in [0.3, 0.4) is 0 Å². The van der Waals surface area contributed by atoms with E-state index in [1.807, 2.05) is 13.8 Å². The van der Waals surface area contributed by atoms with Gasteiger partial charge in [-0.05, 0) is 49.8 Å². The van der Waals surface area contributed by atoms with E-state index in [9.17, 15) is 4.79 Å². The van der Waals surface area contributed by atoms with Gasteiger partial charge in [-0.2, -0.15) is 0 Å². The Kier molecular flexibility index (Phi) is 5.56. The molecule has 0 spiro atoms. The van der Waals surface area contributed by atoms with Crippen molar-refractivity contribution in [3.8, 4) is 0 Å². The van der Waals surface area contributed by atoms with E-state index in [2.05, 4.69) is 58.2 Å². The summed E-state index contributed by atoms with van der Waals surface area (Å²) in [6, 6.07) is 0. The van der Waals surface area contributed by atoms with Gasteiger partial charge >= 0.3 is 5.97 Å². The molecule has 3 aliphatic rings. The molecule has 0 aromatic heterocycles. The Morgan fingerprint density at radius 1 is 1.43 bits per heavy atom. The van der Waals surface area contributed by atoms with Gasteiger partial charge < -0.3 is 9.47 Å². The molecule has 0 aromatic carbocycles. The molecule has 3 rings (SSSR count). The van der Waals surface area contributed by atoms with E-state index in [0.717, 1.165) is 29.7 Å². The summed E-state index contributed by atoms with van der Waals surface area (Å²) in [5, 5.41) is 0. The van der Waals surface area contributed by atoms with E-state index in [-0.39, 0.29) is 23.2 Å². The fraction of sp³-hybridized carbons (Fsp3) is 0.480. The Hall–Kier alpha value is -2.29. The zero-order valence-corrected chi connectivity index (χ0v) is 17.8. The van der Waals surface area contributed by atoms with Gasteiger partial charge in [-0.1, -0.05) is 45.6 Å². The SMILES string of the molecule is C=CC(CC)(C(C)C)C1C=CC(C2=C3CC3C(C(=O)OCC)=C(C)O2)=CC1=C. The number of carbonyl (C=O) groups is 1. The lowest BCUT2D eigenvalue weighted by Gasteiger charge is -2.42. The van der Waals surface area contributed by atoms with Crippen LogP contribution in [-0.4, -0.2) is 12.6 Å². The average molecular weight is 381 g/mol. The second kappa shape index (κ2) is 7.62. The number of ether oxygens (including phenoxy) is 2. The summed E-state index contributed by atoms with van der Waals surface area (Å²) in [4.78, 5) is 12.2. The van der Waals surface area contributed by atoms with Gasteiger partial charge in [-0.15, -0.1) is 6.58 Å². The van der Waals surface area contributed by atoms with Crippen LogP contribution in [0.1, 0.15) is 47.5 Å². The van der Waals surface area contributed by atoms with E-state index in [4.69, 9.17) is 9.47 Å². The van der Waals surface area contributed by atoms with E-state index in [1.165, 1.54) is 5.57 Å². The molecule has 1 saturated carbocycles. The molecule has 2 aliphatic carbocycles. The van der Waals surface area contributed by atoms with Gasteiger partial charge in [0.2, 0.25) is 0 Å². The summed E-state index contributed by atoms with van der Waals surface area (Å²) in [5.74, 6) is 2.12. The predicted molar refractivity (Wildman–Crippen MR) is 113 cm³/mol. The molecule has 28 heavy (non-hydrogen) atoms. The minimum Gasteiger partial charge on any atom is -0.463 e. The van der Waals surface area contributed by atoms with Gasteiger partial charge in [-0.3, -0.25) is 0 Å². The molecule has 150 valence electrons. The highest BCUT2D eigenvalue weighted by atomic mass is 16.5. The number of carbonyl (C=O) groups excluding carboxylic acids is 1. The first kappa shape index (κ1) is 20.4. The molecular formula is C25H32O3. The second-order valence-corrected chi connectivity index (χ2v) is 8.24. The fourth-order valence-corrected chi connectivity index (χ4v) is 4.77. The molecule has 1 aliphatic heterocycles. The van der Waals surface area contributed by atoms with Crippen molar-refractivity contribution in [2.24, 2.45) is 23.2 Å². The van der Waals surface area contributed by atoms with Crippen LogP contribution in [-0.2, 0) is 14.3 Å². The average Bonchev–Trinajstić information content (AvgIpc) is 3.43. The first-order chi connectivity index (χ1) is 13.3. The highest BCUT2D eigenvalue weighted by Gasteiger charge is 2.46. The van der Waals surface area contributed by atoms with Crippen LogP contribution in [0.2, 0.25) is 0 Å². The number of hydrogen-bond acceptors (Lipinski definition) is 3. The molecule has 1 fully saturated rings. The third kappa shape index (κ3) is 3.21. The molecule has 0 radical (unpaired) electrons. The van der Waals surface area contributed by atoms with Gasteiger partial charge in [-0.25, -0.2) is 4.79 Å². The highest BCUT2D eigenvalue weighted by Crippen LogP contribution is 2.54. The Morgan fingerprint density at radius 2 is 2.14 bits per heavy atom. The van der Waals surface area contributed by atoms with E-state index in [1.54, 1.807) is 0 Å². The minimum absolute atomic E-state index is 0.00411. The number of fused-ring (bicyclic) bond motifs is 1. The molecule has 0 aromatic rings. The lowest BCUT2D eigenvalue weighted by atomic mass is 9.62. The van der Waals surface area contributed by atoms with Crippen LogP contribution in [0.25, 0.3) is 0 Å². The van der Waals surface area contributed by atoms with Crippen molar-refractivity contribution in [3.05, 3.63) is 71.3 Å². The van der Waals surface area contributed by atoms with Gasteiger partial charge in [0.1, 0.15) is 11.5 Å². The zero-order valence-electron chi connectivity index (χ0n) is 17.8. The lowest BCUT2D eigenvalue weighted by molar-refractivity contribution is -0.139. The quantitative estimate of drug-likeness (QED) is 0.399. The van der Waals surface area contributed by atoms with Crippen molar-refractivity contribution in [3.63, 3.8) is 0 Å². The summed E-state index contributed by atoms with van der Waals surface area (Å²) in [6.45, 7) is 19.3. The van der Waals surface area contributed by atoms with Crippen molar-refractivity contribution >= 4 is 5.97 Å². The fourth-order valence-electron chi connectivity index (χ4n) is 4.77. The number of allylic oxidation sites excluding steroid dienone is 7. The van der Waals surface area contributed by atoms with E-state index >= 15 is 0 Å². The van der Waals surface area contributed by atoms with Crippen molar-refractivity contribution in [1.29, 1.82) is 0 Å². The summed E-state index contributed by atoms with van der Waals surface area (Å²) in [7, 11) is 0. The Balaban J connectivity index is 1.85. The predicted octanol–water partition coefficient (Wildman–Crippen LogP) is 6.03.